The predicted octanol–water partition coefficient (Wildman–Crippen LogP) is -0.165. The summed E-state index contributed by atoms with van der Waals surface area (Å²) >= 11 is 8.26. The van der Waals surface area contributed by atoms with Gasteiger partial charge in [0.2, 0.25) is 11.6 Å². The Kier molecular flexibility index (Phi) is 10.1. The van der Waals surface area contributed by atoms with Crippen molar-refractivity contribution in [3.05, 3.63) is 51.9 Å². The quantitative estimate of drug-likeness (QED) is 0.0426. The number of rotatable bonds is 14. The Bertz CT molecular complexity index is 1760. The Morgan fingerprint density at radius 1 is 1.33 bits per heavy atom. The van der Waals surface area contributed by atoms with E-state index in [1.807, 2.05) is 42.2 Å². The van der Waals surface area contributed by atoms with Crippen molar-refractivity contribution in [2.45, 2.75) is 37.0 Å². The number of β-lactam (4-membered cyclic amide) rings is 1. The number of aryl methyl sites for hydroxylation is 1. The second kappa shape index (κ2) is 14.0. The monoisotopic (exact) mass is 693 g/mol. The zero-order valence-corrected chi connectivity index (χ0v) is 26.6. The first kappa shape index (κ1) is 33.1. The number of aliphatic carboxylic acids is 2. The minimum Gasteiger partial charge on any atom is -0.478 e. The number of nitrogen functional groups attached to an aromatic ring is 1. The molecule has 2 aliphatic heterocycles. The molecule has 0 aromatic carbocycles. The van der Waals surface area contributed by atoms with Gasteiger partial charge >= 0.3 is 11.9 Å². The SMILES string of the molecule is CNCCCn1ccc2c1ccc[n+]2CC1=C(C(=O)O)N2C(=O)C(NC(=O)/C(=N\O[C@@H](CO)C(=O)O)c3nc(N)sc3Cl)C2SC1. The molecular formula is C27H30ClN8O8S2+. The minimum absolute atomic E-state index is 0.0196. The highest BCUT2D eigenvalue weighted by Gasteiger charge is 2.55. The summed E-state index contributed by atoms with van der Waals surface area (Å²) in [5, 5.41) is 37.1. The number of nitrogens with one attached hydrogen (secondary N) is 2. The van der Waals surface area contributed by atoms with Gasteiger partial charge < -0.3 is 41.1 Å². The molecule has 0 spiro atoms. The average Bonchev–Trinajstić information content (AvgIpc) is 3.59. The number of anilines is 1. The molecule has 244 valence electrons. The Morgan fingerprint density at radius 3 is 2.76 bits per heavy atom. The third-order valence-electron chi connectivity index (χ3n) is 7.29. The van der Waals surface area contributed by atoms with Gasteiger partial charge in [-0.25, -0.2) is 14.6 Å². The molecule has 2 unspecified atom stereocenters. The maximum absolute atomic E-state index is 13.4. The predicted molar refractivity (Wildman–Crippen MR) is 168 cm³/mol. The fraction of sp³-hybridized carbons (Fsp3) is 0.370. The Labute approximate surface area is 274 Å². The van der Waals surface area contributed by atoms with E-state index in [4.69, 9.17) is 27.3 Å². The van der Waals surface area contributed by atoms with Crippen molar-refractivity contribution in [3.8, 4) is 0 Å². The molecule has 7 N–H and O–H groups in total. The topological polar surface area (TPSA) is 226 Å². The smallest absolute Gasteiger partial charge is 0.352 e. The van der Waals surface area contributed by atoms with E-state index < -0.39 is 53.6 Å². The summed E-state index contributed by atoms with van der Waals surface area (Å²) in [6.07, 6.45) is 2.99. The van der Waals surface area contributed by atoms with Crippen molar-refractivity contribution in [1.82, 2.24) is 25.1 Å². The summed E-state index contributed by atoms with van der Waals surface area (Å²) in [7, 11) is 1.90. The number of fused-ring (bicyclic) bond motifs is 2. The first-order valence-corrected chi connectivity index (χ1v) is 16.1. The van der Waals surface area contributed by atoms with Crippen LogP contribution in [0.2, 0.25) is 4.34 Å². The summed E-state index contributed by atoms with van der Waals surface area (Å²) in [5.41, 5.74) is 7.17. The standard InChI is InChI=1S/C27H29ClN8O8S2/c1-30-6-3-8-34-9-5-15-14(34)4-2-7-35(15)10-13-12-45-24-19(23(39)36(24)20(13)26(42)43)31-22(38)18(17-21(28)46-27(29)32-17)33-44-16(11-37)25(40)41/h2,4-5,7,9,16,19,24,30,37H,3,6,8,10-12H2,1H3,(H4-,29,31,32,38,40,41,42,43)/p+1/b33-18-/t16-,19?,24?/m0/s1. The Morgan fingerprint density at radius 2 is 2.11 bits per heavy atom. The summed E-state index contributed by atoms with van der Waals surface area (Å²) in [6.45, 7) is 0.965. The molecule has 1 fully saturated rings. The molecule has 0 bridgehead atoms. The molecule has 19 heteroatoms. The first-order chi connectivity index (χ1) is 22.0. The molecule has 3 atom stereocenters. The number of carboxylic acids is 2. The number of oxime groups is 1. The number of hydrogen-bond acceptors (Lipinski definition) is 12. The average molecular weight is 694 g/mol. The van der Waals surface area contributed by atoms with E-state index in [9.17, 15) is 29.4 Å². The summed E-state index contributed by atoms with van der Waals surface area (Å²) < 4.78 is 4.02. The number of aromatic nitrogens is 3. The summed E-state index contributed by atoms with van der Waals surface area (Å²) in [5.74, 6) is -4.22. The lowest BCUT2D eigenvalue weighted by molar-refractivity contribution is -0.663. The van der Waals surface area contributed by atoms with E-state index in [0.717, 1.165) is 46.8 Å². The lowest BCUT2D eigenvalue weighted by Crippen LogP contribution is -2.71. The number of amides is 2. The molecule has 0 radical (unpaired) electrons. The number of carbonyl (C=O) groups is 4. The third kappa shape index (κ3) is 6.52. The van der Waals surface area contributed by atoms with Crippen molar-refractivity contribution >= 4 is 80.3 Å². The van der Waals surface area contributed by atoms with Gasteiger partial charge in [-0.1, -0.05) is 28.1 Å². The van der Waals surface area contributed by atoms with Crippen molar-refractivity contribution in [2.75, 3.05) is 31.7 Å². The molecule has 0 aliphatic carbocycles. The van der Waals surface area contributed by atoms with Crippen LogP contribution in [0, 0.1) is 0 Å². The largest absolute Gasteiger partial charge is 0.478 e. The van der Waals surface area contributed by atoms with E-state index in [-0.39, 0.29) is 33.2 Å². The maximum atomic E-state index is 13.4. The van der Waals surface area contributed by atoms with Gasteiger partial charge in [0, 0.05) is 36.2 Å². The van der Waals surface area contributed by atoms with Crippen molar-refractivity contribution in [2.24, 2.45) is 5.16 Å². The van der Waals surface area contributed by atoms with Crippen LogP contribution in [-0.2, 0) is 37.1 Å². The maximum Gasteiger partial charge on any atom is 0.352 e. The van der Waals surface area contributed by atoms with Crippen molar-refractivity contribution in [1.29, 1.82) is 0 Å². The molecule has 5 rings (SSSR count). The van der Waals surface area contributed by atoms with Gasteiger partial charge in [-0.15, -0.1) is 11.8 Å². The minimum atomic E-state index is -1.80. The van der Waals surface area contributed by atoms with Gasteiger partial charge in [0.1, 0.15) is 32.7 Å². The molecule has 5 heterocycles. The van der Waals surface area contributed by atoms with Gasteiger partial charge in [-0.05, 0) is 26.1 Å². The first-order valence-electron chi connectivity index (χ1n) is 13.9. The lowest BCUT2D eigenvalue weighted by atomic mass is 10.0. The molecule has 1 saturated heterocycles. The normalized spacial score (nSPS) is 18.7. The van der Waals surface area contributed by atoms with E-state index >= 15 is 0 Å². The van der Waals surface area contributed by atoms with Crippen molar-refractivity contribution < 1.29 is 43.9 Å². The molecule has 16 nitrogen and oxygen atoms in total. The number of aliphatic hydroxyl groups is 1. The van der Waals surface area contributed by atoms with Crippen LogP contribution in [0.5, 0.6) is 0 Å². The molecule has 0 saturated carbocycles. The van der Waals surface area contributed by atoms with E-state index in [1.54, 1.807) is 0 Å². The van der Waals surface area contributed by atoms with Gasteiger partial charge in [0.15, 0.2) is 23.6 Å². The number of aliphatic hydroxyl groups excluding tert-OH is 1. The summed E-state index contributed by atoms with van der Waals surface area (Å²) in [4.78, 5) is 60.4. The van der Waals surface area contributed by atoms with Gasteiger partial charge in [0.05, 0.1) is 6.61 Å². The zero-order valence-electron chi connectivity index (χ0n) is 24.3. The number of carboxylic acid groups (broad SMARTS) is 2. The lowest BCUT2D eigenvalue weighted by Gasteiger charge is -2.49. The highest BCUT2D eigenvalue weighted by Crippen LogP contribution is 2.40. The third-order valence-corrected chi connectivity index (χ3v) is 9.71. The fourth-order valence-corrected chi connectivity index (χ4v) is 7.39. The molecular weight excluding hydrogens is 664 g/mol. The highest BCUT2D eigenvalue weighted by molar-refractivity contribution is 8.00. The van der Waals surface area contributed by atoms with Crippen LogP contribution in [0.4, 0.5) is 5.13 Å². The number of thioether (sulfide) groups is 1. The molecule has 3 aromatic rings. The second-order valence-corrected chi connectivity index (χ2v) is 13.0. The zero-order chi connectivity index (χ0) is 33.1. The van der Waals surface area contributed by atoms with Crippen LogP contribution in [0.25, 0.3) is 11.0 Å². The van der Waals surface area contributed by atoms with Gasteiger partial charge in [0.25, 0.3) is 11.8 Å². The number of nitrogens with two attached hydrogens (primary N) is 1. The van der Waals surface area contributed by atoms with Crippen LogP contribution in [0.3, 0.4) is 0 Å². The highest BCUT2D eigenvalue weighted by atomic mass is 35.5. The van der Waals surface area contributed by atoms with Gasteiger partial charge in [-0.2, -0.15) is 4.57 Å². The molecule has 3 aromatic heterocycles. The molecule has 2 amide bonds. The van der Waals surface area contributed by atoms with E-state index in [0.29, 0.717) is 5.57 Å². The van der Waals surface area contributed by atoms with E-state index in [2.05, 4.69) is 25.3 Å². The number of thiazole rings is 1. The van der Waals surface area contributed by atoms with Crippen LogP contribution < -0.4 is 20.9 Å². The number of halogens is 1. The Hall–Kier alpha value is -4.23. The Balaban J connectivity index is 1.37. The van der Waals surface area contributed by atoms with Gasteiger partial charge in [-0.3, -0.25) is 14.5 Å². The van der Waals surface area contributed by atoms with Crippen LogP contribution in [0.15, 0.2) is 47.0 Å². The van der Waals surface area contributed by atoms with E-state index in [1.165, 1.54) is 11.8 Å². The van der Waals surface area contributed by atoms with Crippen LogP contribution in [-0.4, -0.2) is 103 Å². The number of hydrogen-bond donors (Lipinski definition) is 6. The van der Waals surface area contributed by atoms with Crippen molar-refractivity contribution in [3.63, 3.8) is 0 Å². The molecule has 46 heavy (non-hydrogen) atoms. The second-order valence-electron chi connectivity index (χ2n) is 10.2. The number of nitrogens with zero attached hydrogens (tertiary/aromatic N) is 5. The van der Waals surface area contributed by atoms with Crippen LogP contribution >= 0.6 is 34.7 Å². The number of pyridine rings is 1. The summed E-state index contributed by atoms with van der Waals surface area (Å²) in [6, 6.07) is 4.71. The van der Waals surface area contributed by atoms with Crippen LogP contribution in [0.1, 0.15) is 12.1 Å². The number of carbonyl (C=O) groups excluding carboxylic acids is 2. The fourth-order valence-electron chi connectivity index (χ4n) is 5.12. The molecule has 2 aliphatic rings.